The van der Waals surface area contributed by atoms with E-state index >= 15 is 0 Å². The Morgan fingerprint density at radius 3 is 1.96 bits per heavy atom. The minimum atomic E-state index is -1.40. The highest BCUT2D eigenvalue weighted by atomic mass is 32.2. The number of thioether (sulfide) groups is 1. The van der Waals surface area contributed by atoms with Gasteiger partial charge in [0.05, 0.1) is 6.04 Å². The van der Waals surface area contributed by atoms with Crippen LogP contribution < -0.4 is 22.1 Å². The molecular weight excluding hydrogens is 380 g/mol. The molecule has 3 amide bonds. The van der Waals surface area contributed by atoms with E-state index in [1.54, 1.807) is 0 Å². The maximum absolute atomic E-state index is 12.3. The number of hydrogen-bond donors (Lipinski definition) is 6. The fourth-order valence-corrected chi connectivity index (χ4v) is 2.50. The molecule has 0 aromatic rings. The summed E-state index contributed by atoms with van der Waals surface area (Å²) in [5.41, 5.74) is 10.7. The number of primary amides is 1. The van der Waals surface area contributed by atoms with Gasteiger partial charge in [0.1, 0.15) is 12.1 Å². The van der Waals surface area contributed by atoms with Gasteiger partial charge in [0, 0.05) is 12.8 Å². The topological polar surface area (TPSA) is 202 Å². The Morgan fingerprint density at radius 1 is 0.926 bits per heavy atom. The molecule has 0 rings (SSSR count). The fourth-order valence-electron chi connectivity index (χ4n) is 2.01. The molecule has 0 aromatic heterocycles. The van der Waals surface area contributed by atoms with Crippen molar-refractivity contribution in [2.75, 3.05) is 12.0 Å². The van der Waals surface area contributed by atoms with Crippen LogP contribution in [0.1, 0.15) is 32.1 Å². The van der Waals surface area contributed by atoms with Crippen LogP contribution in [0.2, 0.25) is 0 Å². The van der Waals surface area contributed by atoms with E-state index in [0.29, 0.717) is 12.2 Å². The first-order valence-corrected chi connectivity index (χ1v) is 9.56. The van der Waals surface area contributed by atoms with Crippen molar-refractivity contribution in [2.45, 2.75) is 50.2 Å². The molecule has 0 bridgehead atoms. The van der Waals surface area contributed by atoms with Crippen molar-refractivity contribution in [3.05, 3.63) is 0 Å². The van der Waals surface area contributed by atoms with Crippen LogP contribution in [0.5, 0.6) is 0 Å². The van der Waals surface area contributed by atoms with Crippen LogP contribution in [-0.2, 0) is 24.0 Å². The molecule has 0 unspecified atom stereocenters. The van der Waals surface area contributed by atoms with E-state index in [0.717, 1.165) is 0 Å². The summed E-state index contributed by atoms with van der Waals surface area (Å²) in [6, 6.07) is -3.56. The SMILES string of the molecule is CSCC[C@H](N)C(=O)N[C@@H](CCC(=O)O)C(=O)N[C@@H](CCC(N)=O)C(=O)O. The average Bonchev–Trinajstić information content (AvgIpc) is 2.58. The van der Waals surface area contributed by atoms with Crippen LogP contribution in [0.4, 0.5) is 0 Å². The predicted octanol–water partition coefficient (Wildman–Crippen LogP) is -1.75. The predicted molar refractivity (Wildman–Crippen MR) is 97.8 cm³/mol. The van der Waals surface area contributed by atoms with Crippen molar-refractivity contribution in [2.24, 2.45) is 11.5 Å². The summed E-state index contributed by atoms with van der Waals surface area (Å²) >= 11 is 1.49. The Hall–Kier alpha value is -2.34. The number of hydrogen-bond acceptors (Lipinski definition) is 7. The van der Waals surface area contributed by atoms with E-state index in [4.69, 9.17) is 21.7 Å². The summed E-state index contributed by atoms with van der Waals surface area (Å²) in [6.07, 6.45) is 1.04. The third-order valence-electron chi connectivity index (χ3n) is 3.54. The molecule has 0 heterocycles. The largest absolute Gasteiger partial charge is 0.481 e. The van der Waals surface area contributed by atoms with Crippen molar-refractivity contribution >= 4 is 41.4 Å². The van der Waals surface area contributed by atoms with Gasteiger partial charge in [0.15, 0.2) is 0 Å². The normalized spacial score (nSPS) is 13.9. The minimum absolute atomic E-state index is 0.233. The van der Waals surface area contributed by atoms with Crippen LogP contribution in [0.15, 0.2) is 0 Å². The molecule has 0 aliphatic heterocycles. The van der Waals surface area contributed by atoms with Crippen LogP contribution >= 0.6 is 11.8 Å². The summed E-state index contributed by atoms with van der Waals surface area (Å²) in [5.74, 6) is -4.20. The van der Waals surface area contributed by atoms with Crippen LogP contribution in [0, 0.1) is 0 Å². The second-order valence-electron chi connectivity index (χ2n) is 5.79. The van der Waals surface area contributed by atoms with Gasteiger partial charge in [-0.3, -0.25) is 19.2 Å². The van der Waals surface area contributed by atoms with Gasteiger partial charge in [-0.1, -0.05) is 0 Å². The molecule has 154 valence electrons. The molecule has 11 nitrogen and oxygen atoms in total. The van der Waals surface area contributed by atoms with Gasteiger partial charge in [0.25, 0.3) is 0 Å². The Kier molecular flexibility index (Phi) is 11.8. The second kappa shape index (κ2) is 12.9. The van der Waals surface area contributed by atoms with E-state index in [9.17, 15) is 24.0 Å². The highest BCUT2D eigenvalue weighted by Gasteiger charge is 2.28. The van der Waals surface area contributed by atoms with Crippen molar-refractivity contribution in [1.29, 1.82) is 0 Å². The van der Waals surface area contributed by atoms with Crippen molar-refractivity contribution in [1.82, 2.24) is 10.6 Å². The number of nitrogens with one attached hydrogen (secondary N) is 2. The monoisotopic (exact) mass is 406 g/mol. The van der Waals surface area contributed by atoms with Gasteiger partial charge in [-0.05, 0) is 31.3 Å². The lowest BCUT2D eigenvalue weighted by molar-refractivity contribution is -0.143. The zero-order chi connectivity index (χ0) is 21.0. The van der Waals surface area contributed by atoms with Gasteiger partial charge in [-0.2, -0.15) is 11.8 Å². The lowest BCUT2D eigenvalue weighted by atomic mass is 10.1. The molecule has 0 fully saturated rings. The summed E-state index contributed by atoms with van der Waals surface area (Å²) in [7, 11) is 0. The first-order valence-electron chi connectivity index (χ1n) is 8.16. The van der Waals surface area contributed by atoms with E-state index in [-0.39, 0.29) is 19.3 Å². The molecule has 0 saturated heterocycles. The molecule has 8 N–H and O–H groups in total. The Labute approximate surface area is 160 Å². The number of rotatable bonds is 14. The van der Waals surface area contributed by atoms with Gasteiger partial charge in [0.2, 0.25) is 17.7 Å². The Bertz CT molecular complexity index is 558. The van der Waals surface area contributed by atoms with E-state index in [1.807, 2.05) is 6.26 Å². The average molecular weight is 406 g/mol. The Balaban J connectivity index is 5.04. The van der Waals surface area contributed by atoms with E-state index < -0.39 is 54.2 Å². The van der Waals surface area contributed by atoms with Crippen LogP contribution in [-0.4, -0.2) is 70.0 Å². The smallest absolute Gasteiger partial charge is 0.326 e. The number of carboxylic acids is 2. The summed E-state index contributed by atoms with van der Waals surface area (Å²) in [6.45, 7) is 0. The molecule has 0 aliphatic rings. The maximum atomic E-state index is 12.3. The van der Waals surface area contributed by atoms with Crippen LogP contribution in [0.3, 0.4) is 0 Å². The Morgan fingerprint density at radius 2 is 1.48 bits per heavy atom. The van der Waals surface area contributed by atoms with Crippen molar-refractivity contribution in [3.8, 4) is 0 Å². The first-order chi connectivity index (χ1) is 12.6. The first kappa shape index (κ1) is 24.7. The summed E-state index contributed by atoms with van der Waals surface area (Å²) in [4.78, 5) is 57.2. The highest BCUT2D eigenvalue weighted by molar-refractivity contribution is 7.98. The number of carbonyl (C=O) groups is 5. The van der Waals surface area contributed by atoms with E-state index in [2.05, 4.69) is 10.6 Å². The number of carboxylic acid groups (broad SMARTS) is 2. The maximum Gasteiger partial charge on any atom is 0.326 e. The number of nitrogens with two attached hydrogens (primary N) is 2. The molecular formula is C15H26N4O7S. The lowest BCUT2D eigenvalue weighted by Crippen LogP contribution is -2.54. The standard InChI is InChI=1S/C15H26N4O7S/c1-27-7-6-8(16)13(23)18-9(3-5-12(21)22)14(24)19-10(15(25)26)2-4-11(17)20/h8-10H,2-7,16H2,1H3,(H2,17,20)(H,18,23)(H,19,24)(H,21,22)(H,25,26)/t8-,9-,10-/m0/s1. The summed E-state index contributed by atoms with van der Waals surface area (Å²) in [5, 5.41) is 22.5. The molecule has 0 radical (unpaired) electrons. The zero-order valence-electron chi connectivity index (χ0n) is 15.0. The van der Waals surface area contributed by atoms with Crippen molar-refractivity contribution < 1.29 is 34.2 Å². The van der Waals surface area contributed by atoms with Crippen LogP contribution in [0.25, 0.3) is 0 Å². The fraction of sp³-hybridized carbons (Fsp3) is 0.667. The number of carbonyl (C=O) groups excluding carboxylic acids is 3. The second-order valence-corrected chi connectivity index (χ2v) is 6.77. The van der Waals surface area contributed by atoms with Gasteiger partial charge >= 0.3 is 11.9 Å². The van der Waals surface area contributed by atoms with Crippen molar-refractivity contribution in [3.63, 3.8) is 0 Å². The van der Waals surface area contributed by atoms with E-state index in [1.165, 1.54) is 11.8 Å². The molecule has 0 saturated carbocycles. The third kappa shape index (κ3) is 11.1. The van der Waals surface area contributed by atoms with Gasteiger partial charge in [-0.15, -0.1) is 0 Å². The third-order valence-corrected chi connectivity index (χ3v) is 4.19. The molecule has 0 aromatic carbocycles. The number of amides is 3. The molecule has 0 aliphatic carbocycles. The minimum Gasteiger partial charge on any atom is -0.481 e. The quantitative estimate of drug-likeness (QED) is 0.193. The highest BCUT2D eigenvalue weighted by Crippen LogP contribution is 2.04. The summed E-state index contributed by atoms with van der Waals surface area (Å²) < 4.78 is 0. The number of aliphatic carboxylic acids is 2. The van der Waals surface area contributed by atoms with Gasteiger partial charge < -0.3 is 32.3 Å². The lowest BCUT2D eigenvalue weighted by Gasteiger charge is -2.22. The molecule has 0 spiro atoms. The van der Waals surface area contributed by atoms with Gasteiger partial charge in [-0.25, -0.2) is 4.79 Å². The zero-order valence-corrected chi connectivity index (χ0v) is 15.8. The molecule has 27 heavy (non-hydrogen) atoms. The molecule has 12 heteroatoms. The molecule has 3 atom stereocenters.